The third-order valence-electron chi connectivity index (χ3n) is 4.14. The average Bonchev–Trinajstić information content (AvgIpc) is 3.14. The van der Waals surface area contributed by atoms with Crippen LogP contribution in [0.5, 0.6) is 0 Å². The second kappa shape index (κ2) is 6.95. The van der Waals surface area contributed by atoms with Crippen LogP contribution in [-0.4, -0.2) is 43.9 Å². The summed E-state index contributed by atoms with van der Waals surface area (Å²) in [6.07, 6.45) is 2.70. The molecule has 0 saturated carbocycles. The van der Waals surface area contributed by atoms with Gasteiger partial charge in [0.05, 0.1) is 5.52 Å². The minimum absolute atomic E-state index is 0.0938. The van der Waals surface area contributed by atoms with Crippen molar-refractivity contribution in [2.45, 2.75) is 26.8 Å². The highest BCUT2D eigenvalue weighted by atomic mass is 16.4. The van der Waals surface area contributed by atoms with E-state index in [2.05, 4.69) is 34.0 Å². The van der Waals surface area contributed by atoms with Gasteiger partial charge in [0.1, 0.15) is 5.82 Å². The van der Waals surface area contributed by atoms with Gasteiger partial charge in [0, 0.05) is 44.3 Å². The quantitative estimate of drug-likeness (QED) is 0.739. The Morgan fingerprint density at radius 2 is 2.04 bits per heavy atom. The Morgan fingerprint density at radius 1 is 1.31 bits per heavy atom. The van der Waals surface area contributed by atoms with Crippen LogP contribution in [0.1, 0.15) is 35.6 Å². The fourth-order valence-corrected chi connectivity index (χ4v) is 2.92. The van der Waals surface area contributed by atoms with Gasteiger partial charge in [-0.1, -0.05) is 13.0 Å². The van der Waals surface area contributed by atoms with E-state index in [9.17, 15) is 4.79 Å². The Labute approximate surface area is 150 Å². The van der Waals surface area contributed by atoms with Crippen molar-refractivity contribution in [1.82, 2.24) is 19.9 Å². The summed E-state index contributed by atoms with van der Waals surface area (Å²) < 4.78 is 0. The molecule has 2 aromatic heterocycles. The zero-order valence-corrected chi connectivity index (χ0v) is 14.9. The molecular weight excluding hydrogens is 332 g/mol. The first-order valence-corrected chi connectivity index (χ1v) is 8.32. The lowest BCUT2D eigenvalue weighted by atomic mass is 10.0. The number of imidazole rings is 1. The first-order chi connectivity index (χ1) is 12.4. The molecule has 0 radical (unpaired) electrons. The van der Waals surface area contributed by atoms with Gasteiger partial charge in [-0.25, -0.2) is 9.97 Å². The van der Waals surface area contributed by atoms with E-state index in [1.807, 2.05) is 25.4 Å². The summed E-state index contributed by atoms with van der Waals surface area (Å²) in [5, 5.41) is 7.42. The van der Waals surface area contributed by atoms with Gasteiger partial charge in [-0.15, -0.1) is 0 Å². The van der Waals surface area contributed by atoms with Crippen molar-refractivity contribution in [3.8, 4) is 11.1 Å². The summed E-state index contributed by atoms with van der Waals surface area (Å²) in [6.45, 7) is 3.81. The number of nitrogens with one attached hydrogen (secondary N) is 1. The highest BCUT2D eigenvalue weighted by Gasteiger charge is 2.24. The Hall–Kier alpha value is -3.22. The van der Waals surface area contributed by atoms with Crippen LogP contribution >= 0.6 is 0 Å². The number of carbonyl (C=O) groups is 2. The monoisotopic (exact) mass is 352 g/mol. The van der Waals surface area contributed by atoms with Gasteiger partial charge in [-0.3, -0.25) is 9.59 Å². The number of hydrogen-bond acceptors (Lipinski definition) is 4. The number of rotatable bonds is 2. The minimum Gasteiger partial charge on any atom is -0.481 e. The molecule has 7 heteroatoms. The maximum atomic E-state index is 12.0. The number of aromatic amines is 1. The molecule has 1 amide bonds. The number of carboxylic acid groups (broad SMARTS) is 1. The lowest BCUT2D eigenvalue weighted by molar-refractivity contribution is -0.134. The smallest absolute Gasteiger partial charge is 0.300 e. The van der Waals surface area contributed by atoms with Gasteiger partial charge in [-0.2, -0.15) is 0 Å². The SMILES string of the molecule is CC(=O)O.CCc1nc2ncc(-c3ccc4c(c3)CN(C)C4=O)cc2[nH]1. The van der Waals surface area contributed by atoms with E-state index in [0.717, 1.165) is 52.6 Å². The van der Waals surface area contributed by atoms with Crippen LogP contribution in [0.25, 0.3) is 22.3 Å². The molecule has 0 unspecified atom stereocenters. The van der Waals surface area contributed by atoms with Gasteiger partial charge in [0.15, 0.2) is 5.65 Å². The molecule has 4 rings (SSSR count). The molecule has 0 fully saturated rings. The summed E-state index contributed by atoms with van der Waals surface area (Å²) in [7, 11) is 1.83. The highest BCUT2D eigenvalue weighted by molar-refractivity contribution is 5.98. The van der Waals surface area contributed by atoms with E-state index < -0.39 is 5.97 Å². The zero-order chi connectivity index (χ0) is 18.8. The molecule has 26 heavy (non-hydrogen) atoms. The number of H-pyrrole nitrogens is 1. The number of fused-ring (bicyclic) bond motifs is 2. The topological polar surface area (TPSA) is 99.2 Å². The molecule has 3 heterocycles. The summed E-state index contributed by atoms with van der Waals surface area (Å²) in [4.78, 5) is 34.8. The van der Waals surface area contributed by atoms with Crippen molar-refractivity contribution in [3.63, 3.8) is 0 Å². The van der Waals surface area contributed by atoms with Crippen molar-refractivity contribution in [2.24, 2.45) is 0 Å². The fourth-order valence-electron chi connectivity index (χ4n) is 2.92. The number of carboxylic acids is 1. The molecule has 0 saturated heterocycles. The lowest BCUT2D eigenvalue weighted by Crippen LogP contribution is -2.17. The molecule has 1 aliphatic rings. The zero-order valence-electron chi connectivity index (χ0n) is 14.9. The number of pyridine rings is 1. The molecule has 0 aliphatic carbocycles. The van der Waals surface area contributed by atoms with Crippen LogP contribution in [0.4, 0.5) is 0 Å². The second-order valence-corrected chi connectivity index (χ2v) is 6.18. The summed E-state index contributed by atoms with van der Waals surface area (Å²) in [5.41, 5.74) is 5.67. The Balaban J connectivity index is 0.000000447. The van der Waals surface area contributed by atoms with Gasteiger partial charge in [0.25, 0.3) is 11.9 Å². The van der Waals surface area contributed by atoms with E-state index in [4.69, 9.17) is 9.90 Å². The molecule has 1 aromatic carbocycles. The molecule has 3 aromatic rings. The number of amides is 1. The molecule has 7 nitrogen and oxygen atoms in total. The summed E-state index contributed by atoms with van der Waals surface area (Å²) in [5.74, 6) is 0.206. The molecular formula is C19H20N4O3. The maximum absolute atomic E-state index is 12.0. The van der Waals surface area contributed by atoms with Crippen molar-refractivity contribution < 1.29 is 14.7 Å². The highest BCUT2D eigenvalue weighted by Crippen LogP contribution is 2.28. The summed E-state index contributed by atoms with van der Waals surface area (Å²) in [6, 6.07) is 8.04. The van der Waals surface area contributed by atoms with E-state index in [1.54, 1.807) is 4.90 Å². The van der Waals surface area contributed by atoms with Crippen LogP contribution in [0.2, 0.25) is 0 Å². The number of benzene rings is 1. The van der Waals surface area contributed by atoms with Gasteiger partial charge in [-0.05, 0) is 29.3 Å². The predicted octanol–water partition coefficient (Wildman–Crippen LogP) is 2.86. The van der Waals surface area contributed by atoms with Crippen LogP contribution in [0.3, 0.4) is 0 Å². The minimum atomic E-state index is -0.833. The van der Waals surface area contributed by atoms with Crippen LogP contribution < -0.4 is 0 Å². The largest absolute Gasteiger partial charge is 0.481 e. The number of hydrogen-bond donors (Lipinski definition) is 2. The first-order valence-electron chi connectivity index (χ1n) is 8.32. The number of nitrogens with zero attached hydrogens (tertiary/aromatic N) is 3. The number of aromatic nitrogens is 3. The fraction of sp³-hybridized carbons (Fsp3) is 0.263. The average molecular weight is 352 g/mol. The third kappa shape index (κ3) is 3.42. The number of aliphatic carboxylic acids is 1. The molecule has 0 atom stereocenters. The Morgan fingerprint density at radius 3 is 2.73 bits per heavy atom. The van der Waals surface area contributed by atoms with Crippen molar-refractivity contribution in [2.75, 3.05) is 7.05 Å². The second-order valence-electron chi connectivity index (χ2n) is 6.18. The summed E-state index contributed by atoms with van der Waals surface area (Å²) >= 11 is 0. The number of aryl methyl sites for hydroxylation is 1. The van der Waals surface area contributed by atoms with Gasteiger partial charge >= 0.3 is 0 Å². The van der Waals surface area contributed by atoms with E-state index in [0.29, 0.717) is 6.54 Å². The van der Waals surface area contributed by atoms with E-state index in [1.165, 1.54) is 0 Å². The third-order valence-corrected chi connectivity index (χ3v) is 4.14. The standard InChI is InChI=1S/C17H16N4O.C2H4O2/c1-3-15-19-14-7-11(8-18-16(14)20-15)10-4-5-13-12(6-10)9-21(2)17(13)22;1-2(3)4/h4-8H,3,9H2,1-2H3,(H,18,19,20);1H3,(H,3,4). The molecule has 0 bridgehead atoms. The van der Waals surface area contributed by atoms with Gasteiger partial charge < -0.3 is 15.0 Å². The van der Waals surface area contributed by atoms with Crippen molar-refractivity contribution in [3.05, 3.63) is 47.4 Å². The molecule has 2 N–H and O–H groups in total. The normalized spacial score (nSPS) is 12.7. The Bertz CT molecular complexity index is 990. The predicted molar refractivity (Wildman–Crippen MR) is 97.8 cm³/mol. The van der Waals surface area contributed by atoms with Gasteiger partial charge in [0.2, 0.25) is 0 Å². The Kier molecular flexibility index (Phi) is 4.71. The van der Waals surface area contributed by atoms with Crippen LogP contribution in [-0.2, 0) is 17.8 Å². The van der Waals surface area contributed by atoms with E-state index >= 15 is 0 Å². The molecule has 0 spiro atoms. The van der Waals surface area contributed by atoms with Crippen molar-refractivity contribution >= 4 is 23.0 Å². The molecule has 134 valence electrons. The first kappa shape index (κ1) is 17.6. The lowest BCUT2D eigenvalue weighted by Gasteiger charge is -2.04. The van der Waals surface area contributed by atoms with Crippen LogP contribution in [0.15, 0.2) is 30.5 Å². The molecule has 1 aliphatic heterocycles. The maximum Gasteiger partial charge on any atom is 0.300 e. The van der Waals surface area contributed by atoms with Crippen LogP contribution in [0, 0.1) is 0 Å². The van der Waals surface area contributed by atoms with Crippen molar-refractivity contribution in [1.29, 1.82) is 0 Å². The van der Waals surface area contributed by atoms with E-state index in [-0.39, 0.29) is 5.91 Å². The number of carbonyl (C=O) groups excluding carboxylic acids is 1.